The zero-order valence-corrected chi connectivity index (χ0v) is 17.9. The van der Waals surface area contributed by atoms with Gasteiger partial charge in [-0.25, -0.2) is 9.78 Å². The summed E-state index contributed by atoms with van der Waals surface area (Å²) in [5, 5.41) is 19.3. The Balaban J connectivity index is 1.56. The fourth-order valence-electron chi connectivity index (χ4n) is 4.35. The van der Waals surface area contributed by atoms with E-state index in [-0.39, 0.29) is 40.8 Å². The minimum Gasteiger partial charge on any atom is -0.465 e. The van der Waals surface area contributed by atoms with Crippen molar-refractivity contribution in [3.63, 3.8) is 0 Å². The Morgan fingerprint density at radius 3 is 2.52 bits per heavy atom. The van der Waals surface area contributed by atoms with Crippen LogP contribution in [0.1, 0.15) is 26.7 Å². The fraction of sp³-hybridized carbons (Fsp3) is 0.476. The third-order valence-corrected chi connectivity index (χ3v) is 6.08. The van der Waals surface area contributed by atoms with Gasteiger partial charge in [0.2, 0.25) is 5.89 Å². The van der Waals surface area contributed by atoms with E-state index in [1.165, 1.54) is 29.5 Å². The number of aromatic nitrogens is 2. The first-order valence-corrected chi connectivity index (χ1v) is 10.4. The number of piperazine rings is 1. The second-order valence-electron chi connectivity index (χ2n) is 8.78. The first-order valence-electron chi connectivity index (χ1n) is 10.4. The van der Waals surface area contributed by atoms with Crippen LogP contribution in [0.2, 0.25) is 0 Å². The van der Waals surface area contributed by atoms with Gasteiger partial charge in [0.25, 0.3) is 6.01 Å². The van der Waals surface area contributed by atoms with Crippen molar-refractivity contribution >= 4 is 23.2 Å². The van der Waals surface area contributed by atoms with Gasteiger partial charge in [-0.3, -0.25) is 4.90 Å². The third-order valence-electron chi connectivity index (χ3n) is 6.08. The number of halogens is 2. The smallest absolute Gasteiger partial charge is 0.426 e. The highest BCUT2D eigenvalue weighted by atomic mass is 19.3. The summed E-state index contributed by atoms with van der Waals surface area (Å²) in [5.41, 5.74) is -1.92. The molecule has 2 saturated heterocycles. The first kappa shape index (κ1) is 21.4. The Morgan fingerprint density at radius 1 is 1.24 bits per heavy atom. The van der Waals surface area contributed by atoms with E-state index in [4.69, 9.17) is 13.6 Å². The molecule has 3 aromatic rings. The number of hydrogen-bond donors (Lipinski definition) is 2. The number of amides is 1. The number of oxazole rings is 2. The quantitative estimate of drug-likeness (QED) is 0.583. The van der Waals surface area contributed by atoms with E-state index in [2.05, 4.69) is 9.97 Å². The molecule has 1 aromatic carbocycles. The molecule has 33 heavy (non-hydrogen) atoms. The zero-order valence-electron chi connectivity index (χ0n) is 17.9. The lowest BCUT2D eigenvalue weighted by Gasteiger charge is -2.38. The summed E-state index contributed by atoms with van der Waals surface area (Å²) in [6, 6.07) is 2.49. The number of nitrogens with zero attached hydrogens (tertiary/aromatic N) is 4. The van der Waals surface area contributed by atoms with Gasteiger partial charge < -0.3 is 28.7 Å². The molecule has 5 rings (SSSR count). The van der Waals surface area contributed by atoms with Gasteiger partial charge in [-0.15, -0.1) is 0 Å². The highest BCUT2D eigenvalue weighted by Crippen LogP contribution is 2.41. The molecule has 12 heteroatoms. The first-order chi connectivity index (χ1) is 15.5. The summed E-state index contributed by atoms with van der Waals surface area (Å²) in [6.07, 6.45) is -0.615. The maximum Gasteiger partial charge on any atom is 0.426 e. The average Bonchev–Trinajstić information content (AvgIpc) is 3.45. The van der Waals surface area contributed by atoms with Crippen molar-refractivity contribution in [1.82, 2.24) is 14.9 Å². The Kier molecular flexibility index (Phi) is 4.74. The Hall–Kier alpha value is -3.41. The maximum atomic E-state index is 14.5. The van der Waals surface area contributed by atoms with Crippen LogP contribution in [0.15, 0.2) is 33.4 Å². The molecule has 2 N–H and O–H groups in total. The zero-order chi connectivity index (χ0) is 23.5. The van der Waals surface area contributed by atoms with Crippen LogP contribution in [0.3, 0.4) is 0 Å². The molecule has 0 saturated carbocycles. The van der Waals surface area contributed by atoms with E-state index in [1.54, 1.807) is 4.90 Å². The van der Waals surface area contributed by atoms with Gasteiger partial charge in [0, 0.05) is 13.1 Å². The molecule has 0 aliphatic carbocycles. The SMILES string of the molecule is CC(C)(O)C(F)(F)Oc1ccc(-c2ncco2)c2oc(N3CC4CCC(C3)N4C(=O)O)nc12. The summed E-state index contributed by atoms with van der Waals surface area (Å²) in [6.45, 7) is 2.61. The number of fused-ring (bicyclic) bond motifs is 3. The highest BCUT2D eigenvalue weighted by Gasteiger charge is 2.49. The number of rotatable bonds is 5. The normalized spacial score (nSPS) is 21.1. The lowest BCUT2D eigenvalue weighted by atomic mass is 10.1. The van der Waals surface area contributed by atoms with Crippen molar-refractivity contribution in [3.8, 4) is 17.2 Å². The summed E-state index contributed by atoms with van der Waals surface area (Å²) < 4.78 is 45.2. The van der Waals surface area contributed by atoms with Crippen LogP contribution in [0.25, 0.3) is 22.6 Å². The number of alkyl halides is 2. The van der Waals surface area contributed by atoms with E-state index in [9.17, 15) is 23.8 Å². The number of anilines is 1. The second kappa shape index (κ2) is 7.30. The summed E-state index contributed by atoms with van der Waals surface area (Å²) in [5.74, 6) is -0.0751. The average molecular weight is 464 g/mol. The monoisotopic (exact) mass is 464 g/mol. The van der Waals surface area contributed by atoms with Crippen LogP contribution in [-0.2, 0) is 0 Å². The van der Waals surface area contributed by atoms with E-state index in [0.717, 1.165) is 26.7 Å². The number of carbonyl (C=O) groups is 1. The van der Waals surface area contributed by atoms with Crippen molar-refractivity contribution < 1.29 is 37.4 Å². The van der Waals surface area contributed by atoms with Crippen LogP contribution < -0.4 is 9.64 Å². The lowest BCUT2D eigenvalue weighted by molar-refractivity contribution is -0.275. The van der Waals surface area contributed by atoms with Crippen molar-refractivity contribution in [1.29, 1.82) is 0 Å². The molecule has 0 spiro atoms. The van der Waals surface area contributed by atoms with E-state index in [1.807, 2.05) is 0 Å². The number of carboxylic acid groups (broad SMARTS) is 1. The molecule has 0 radical (unpaired) electrons. The molecule has 10 nitrogen and oxygen atoms in total. The number of hydrogen-bond acceptors (Lipinski definition) is 8. The second-order valence-corrected chi connectivity index (χ2v) is 8.78. The summed E-state index contributed by atoms with van der Waals surface area (Å²) in [7, 11) is 0. The minimum absolute atomic E-state index is 0.0117. The Labute approximate surface area is 186 Å². The molecule has 1 amide bonds. The largest absolute Gasteiger partial charge is 0.465 e. The molecular formula is C21H22F2N4O6. The molecule has 2 aliphatic rings. The van der Waals surface area contributed by atoms with Crippen molar-refractivity contribution in [2.75, 3.05) is 18.0 Å². The van der Waals surface area contributed by atoms with Crippen LogP contribution in [-0.4, -0.2) is 68.1 Å². The van der Waals surface area contributed by atoms with Gasteiger partial charge in [-0.2, -0.15) is 13.8 Å². The van der Waals surface area contributed by atoms with Crippen molar-refractivity contribution in [2.45, 2.75) is 50.5 Å². The predicted molar refractivity (Wildman–Crippen MR) is 110 cm³/mol. The molecule has 4 heterocycles. The minimum atomic E-state index is -3.91. The van der Waals surface area contributed by atoms with Crippen molar-refractivity contribution in [3.05, 3.63) is 24.6 Å². The van der Waals surface area contributed by atoms with Gasteiger partial charge in [0.15, 0.2) is 22.5 Å². The fourth-order valence-corrected chi connectivity index (χ4v) is 4.35. The topological polar surface area (TPSA) is 125 Å². The molecule has 2 unspecified atom stereocenters. The predicted octanol–water partition coefficient (Wildman–Crippen LogP) is 3.56. The molecule has 176 valence electrons. The lowest BCUT2D eigenvalue weighted by Crippen LogP contribution is -2.55. The van der Waals surface area contributed by atoms with Gasteiger partial charge in [0.05, 0.1) is 23.8 Å². The van der Waals surface area contributed by atoms with Crippen molar-refractivity contribution in [2.24, 2.45) is 0 Å². The van der Waals surface area contributed by atoms with E-state index >= 15 is 0 Å². The third kappa shape index (κ3) is 3.54. The molecule has 2 aliphatic heterocycles. The van der Waals surface area contributed by atoms with Crippen LogP contribution in [0, 0.1) is 0 Å². The Bertz CT molecular complexity index is 1180. The van der Waals surface area contributed by atoms with Gasteiger partial charge in [-0.05, 0) is 38.8 Å². The van der Waals surface area contributed by atoms with Crippen LogP contribution in [0.4, 0.5) is 19.6 Å². The van der Waals surface area contributed by atoms with Crippen LogP contribution in [0.5, 0.6) is 5.75 Å². The molecular weight excluding hydrogens is 442 g/mol. The highest BCUT2D eigenvalue weighted by molar-refractivity contribution is 5.93. The molecule has 2 bridgehead atoms. The maximum absolute atomic E-state index is 14.5. The summed E-state index contributed by atoms with van der Waals surface area (Å²) >= 11 is 0. The summed E-state index contributed by atoms with van der Waals surface area (Å²) in [4.78, 5) is 23.4. The van der Waals surface area contributed by atoms with Crippen LogP contribution >= 0.6 is 0 Å². The van der Waals surface area contributed by atoms with Gasteiger partial charge in [0.1, 0.15) is 6.26 Å². The number of ether oxygens (including phenoxy) is 1. The molecule has 2 aromatic heterocycles. The Morgan fingerprint density at radius 2 is 1.94 bits per heavy atom. The number of aliphatic hydroxyl groups is 1. The van der Waals surface area contributed by atoms with E-state index in [0.29, 0.717) is 18.7 Å². The molecule has 2 atom stereocenters. The number of benzene rings is 1. The van der Waals surface area contributed by atoms with E-state index < -0.39 is 17.8 Å². The standard InChI is InChI=1S/C21H22F2N4O6/c1-20(2,30)21(22,23)33-14-6-5-13(17-24-7-8-31-17)16-15(14)25-18(32-16)26-9-11-3-4-12(10-26)27(11)19(28)29/h5-8,11-12,30H,3-4,9-10H2,1-2H3,(H,28,29). The van der Waals surface area contributed by atoms with Gasteiger partial charge >= 0.3 is 12.2 Å². The van der Waals surface area contributed by atoms with Gasteiger partial charge in [-0.1, -0.05) is 0 Å². The molecule has 2 fully saturated rings.